The predicted molar refractivity (Wildman–Crippen MR) is 84.5 cm³/mol. The minimum Gasteiger partial charge on any atom is -0.326 e. The summed E-state index contributed by atoms with van der Waals surface area (Å²) in [6.07, 6.45) is 3.63. The van der Waals surface area contributed by atoms with Gasteiger partial charge in [-0.05, 0) is 43.5 Å². The van der Waals surface area contributed by atoms with Crippen molar-refractivity contribution in [3.05, 3.63) is 23.8 Å². The number of sulfonamides is 1. The highest BCUT2D eigenvalue weighted by Gasteiger charge is 2.17. The number of nitrogens with two attached hydrogens (primary N) is 1. The third-order valence-corrected chi connectivity index (χ3v) is 4.47. The molecule has 0 spiro atoms. The number of amides is 1. The lowest BCUT2D eigenvalue weighted by molar-refractivity contribution is -0.120. The Hall–Kier alpha value is -1.40. The van der Waals surface area contributed by atoms with Crippen molar-refractivity contribution in [2.75, 3.05) is 5.32 Å². The van der Waals surface area contributed by atoms with Crippen molar-refractivity contribution in [3.63, 3.8) is 0 Å². The average Bonchev–Trinajstić information content (AvgIpc) is 2.37. The third-order valence-electron chi connectivity index (χ3n) is 3.39. The molecule has 0 aromatic heterocycles. The van der Waals surface area contributed by atoms with E-state index in [1.54, 1.807) is 19.1 Å². The van der Waals surface area contributed by atoms with Crippen LogP contribution in [0.25, 0.3) is 0 Å². The molecule has 0 aliphatic heterocycles. The zero-order valence-corrected chi connectivity index (χ0v) is 13.7. The molecule has 0 bridgehead atoms. The highest BCUT2D eigenvalue weighted by Crippen LogP contribution is 2.21. The summed E-state index contributed by atoms with van der Waals surface area (Å²) in [4.78, 5) is 12.3. The number of benzene rings is 1. The summed E-state index contributed by atoms with van der Waals surface area (Å²) in [5, 5.41) is 7.98. The predicted octanol–water partition coefficient (Wildman–Crippen LogP) is 2.80. The number of aryl methyl sites for hydroxylation is 1. The largest absolute Gasteiger partial charge is 0.326 e. The molecule has 0 aliphatic carbocycles. The fourth-order valence-corrected chi connectivity index (χ4v) is 3.16. The summed E-state index contributed by atoms with van der Waals surface area (Å²) < 4.78 is 22.7. The molecule has 21 heavy (non-hydrogen) atoms. The molecule has 0 saturated carbocycles. The molecule has 1 rings (SSSR count). The number of hydrogen-bond acceptors (Lipinski definition) is 3. The molecule has 0 saturated heterocycles. The van der Waals surface area contributed by atoms with Crippen LogP contribution < -0.4 is 10.5 Å². The first-order valence-corrected chi connectivity index (χ1v) is 8.78. The highest BCUT2D eigenvalue weighted by atomic mass is 32.2. The zero-order valence-electron chi connectivity index (χ0n) is 12.8. The van der Waals surface area contributed by atoms with Crippen molar-refractivity contribution in [1.82, 2.24) is 0 Å². The number of carbonyl (C=O) groups excluding carboxylic acids is 1. The van der Waals surface area contributed by atoms with Crippen molar-refractivity contribution >= 4 is 21.6 Å². The maximum absolute atomic E-state index is 12.2. The summed E-state index contributed by atoms with van der Waals surface area (Å²) in [7, 11) is -3.72. The molecule has 0 heterocycles. The summed E-state index contributed by atoms with van der Waals surface area (Å²) >= 11 is 0. The van der Waals surface area contributed by atoms with Crippen LogP contribution in [0.15, 0.2) is 23.1 Å². The maximum atomic E-state index is 12.2. The standard InChI is InChI=1S/C15H24N2O3S/c1-4-6-12(7-5-2)15(18)17-13-8-9-14(11(3)10-13)21(16,19)20/h8-10,12H,4-7H2,1-3H3,(H,17,18)(H2,16,19,20). The monoisotopic (exact) mass is 312 g/mol. The number of rotatable bonds is 7. The van der Waals surface area contributed by atoms with Gasteiger partial charge in [-0.3, -0.25) is 4.79 Å². The molecule has 118 valence electrons. The fourth-order valence-electron chi connectivity index (χ4n) is 2.39. The van der Waals surface area contributed by atoms with Gasteiger partial charge in [0.05, 0.1) is 4.90 Å². The number of hydrogen-bond donors (Lipinski definition) is 2. The Morgan fingerprint density at radius 3 is 2.24 bits per heavy atom. The van der Waals surface area contributed by atoms with E-state index >= 15 is 0 Å². The second-order valence-corrected chi connectivity index (χ2v) is 6.82. The molecular weight excluding hydrogens is 288 g/mol. The van der Waals surface area contributed by atoms with Crippen LogP contribution in [-0.2, 0) is 14.8 Å². The quantitative estimate of drug-likeness (QED) is 0.811. The van der Waals surface area contributed by atoms with E-state index in [2.05, 4.69) is 19.2 Å². The fraction of sp³-hybridized carbons (Fsp3) is 0.533. The van der Waals surface area contributed by atoms with Gasteiger partial charge < -0.3 is 5.32 Å². The first kappa shape index (κ1) is 17.7. The van der Waals surface area contributed by atoms with Crippen molar-refractivity contribution in [3.8, 4) is 0 Å². The van der Waals surface area contributed by atoms with Crippen LogP contribution in [0, 0.1) is 12.8 Å². The van der Waals surface area contributed by atoms with Crippen molar-refractivity contribution < 1.29 is 13.2 Å². The SMILES string of the molecule is CCCC(CCC)C(=O)Nc1ccc(S(N)(=O)=O)c(C)c1. The number of nitrogens with one attached hydrogen (secondary N) is 1. The Morgan fingerprint density at radius 2 is 1.81 bits per heavy atom. The molecule has 5 nitrogen and oxygen atoms in total. The molecule has 1 amide bonds. The Morgan fingerprint density at radius 1 is 1.24 bits per heavy atom. The first-order valence-electron chi connectivity index (χ1n) is 7.23. The van der Waals surface area contributed by atoms with Gasteiger partial charge in [-0.25, -0.2) is 13.6 Å². The van der Waals surface area contributed by atoms with E-state index in [1.807, 2.05) is 0 Å². The van der Waals surface area contributed by atoms with Gasteiger partial charge >= 0.3 is 0 Å². The third kappa shape index (κ3) is 5.13. The van der Waals surface area contributed by atoms with Crippen LogP contribution >= 0.6 is 0 Å². The van der Waals surface area contributed by atoms with Crippen LogP contribution in [0.5, 0.6) is 0 Å². The van der Waals surface area contributed by atoms with Gasteiger partial charge in [0.15, 0.2) is 0 Å². The van der Waals surface area contributed by atoms with Crippen LogP contribution in [0.3, 0.4) is 0 Å². The van der Waals surface area contributed by atoms with Gasteiger partial charge in [0.25, 0.3) is 0 Å². The minimum atomic E-state index is -3.72. The lowest BCUT2D eigenvalue weighted by Gasteiger charge is -2.16. The number of primary sulfonamides is 1. The lowest BCUT2D eigenvalue weighted by atomic mass is 9.97. The molecule has 1 aromatic carbocycles. The summed E-state index contributed by atoms with van der Waals surface area (Å²) in [5.74, 6) is -0.0142. The highest BCUT2D eigenvalue weighted by molar-refractivity contribution is 7.89. The molecule has 0 fully saturated rings. The smallest absolute Gasteiger partial charge is 0.238 e. The van der Waals surface area contributed by atoms with Crippen molar-refractivity contribution in [1.29, 1.82) is 0 Å². The van der Waals surface area contributed by atoms with Crippen LogP contribution in [0.4, 0.5) is 5.69 Å². The normalized spacial score (nSPS) is 11.7. The Bertz CT molecular complexity index is 591. The van der Waals surface area contributed by atoms with Gasteiger partial charge in [-0.1, -0.05) is 26.7 Å². The van der Waals surface area contributed by atoms with E-state index in [9.17, 15) is 13.2 Å². The Kier molecular flexibility index (Phi) is 6.36. The lowest BCUT2D eigenvalue weighted by Crippen LogP contribution is -2.23. The van der Waals surface area contributed by atoms with Gasteiger partial charge in [0.2, 0.25) is 15.9 Å². The van der Waals surface area contributed by atoms with E-state index in [-0.39, 0.29) is 16.7 Å². The van der Waals surface area contributed by atoms with Gasteiger partial charge in [0, 0.05) is 11.6 Å². The van der Waals surface area contributed by atoms with Crippen LogP contribution in [-0.4, -0.2) is 14.3 Å². The van der Waals surface area contributed by atoms with Gasteiger partial charge in [0.1, 0.15) is 0 Å². The van der Waals surface area contributed by atoms with E-state index in [0.29, 0.717) is 11.3 Å². The first-order chi connectivity index (χ1) is 9.79. The molecule has 0 unspecified atom stereocenters. The molecule has 6 heteroatoms. The topological polar surface area (TPSA) is 89.3 Å². The number of carbonyl (C=O) groups is 1. The van der Waals surface area contributed by atoms with Crippen LogP contribution in [0.2, 0.25) is 0 Å². The zero-order chi connectivity index (χ0) is 16.0. The minimum absolute atomic E-state index is 0.00164. The van der Waals surface area contributed by atoms with E-state index in [4.69, 9.17) is 5.14 Å². The summed E-state index contributed by atoms with van der Waals surface area (Å²) in [6, 6.07) is 4.63. The molecule has 0 aliphatic rings. The molecule has 0 radical (unpaired) electrons. The Balaban J connectivity index is 2.88. The van der Waals surface area contributed by atoms with Crippen molar-refractivity contribution in [2.45, 2.75) is 51.3 Å². The molecule has 0 atom stereocenters. The van der Waals surface area contributed by atoms with Crippen molar-refractivity contribution in [2.24, 2.45) is 11.1 Å². The molecule has 1 aromatic rings. The summed E-state index contributed by atoms with van der Waals surface area (Å²) in [5.41, 5.74) is 1.12. The van der Waals surface area contributed by atoms with Crippen LogP contribution in [0.1, 0.15) is 45.1 Å². The second-order valence-electron chi connectivity index (χ2n) is 5.29. The maximum Gasteiger partial charge on any atom is 0.238 e. The van der Waals surface area contributed by atoms with E-state index < -0.39 is 10.0 Å². The second kappa shape index (κ2) is 7.56. The molecule has 3 N–H and O–H groups in total. The Labute approximate surface area is 127 Å². The molecular formula is C15H24N2O3S. The van der Waals surface area contributed by atoms with Gasteiger partial charge in [-0.15, -0.1) is 0 Å². The van der Waals surface area contributed by atoms with Gasteiger partial charge in [-0.2, -0.15) is 0 Å². The average molecular weight is 312 g/mol. The van der Waals surface area contributed by atoms with E-state index in [0.717, 1.165) is 25.7 Å². The summed E-state index contributed by atoms with van der Waals surface area (Å²) in [6.45, 7) is 5.77. The van der Waals surface area contributed by atoms with E-state index in [1.165, 1.54) is 6.07 Å². The number of anilines is 1.